The maximum Gasteiger partial charge on any atom is 0.0717 e. The molecule has 0 N–H and O–H groups in total. The molecule has 2 aliphatic rings. The molecule has 0 heterocycles. The van der Waals surface area contributed by atoms with Crippen molar-refractivity contribution in [2.75, 3.05) is 4.90 Å². The van der Waals surface area contributed by atoms with Gasteiger partial charge >= 0.3 is 0 Å². The maximum atomic E-state index is 2.52. The van der Waals surface area contributed by atoms with Crippen molar-refractivity contribution in [3.63, 3.8) is 0 Å². The predicted molar refractivity (Wildman–Crippen MR) is 299 cm³/mol. The third kappa shape index (κ3) is 6.89. The zero-order chi connectivity index (χ0) is 48.5. The highest BCUT2D eigenvalue weighted by atomic mass is 15.1. The van der Waals surface area contributed by atoms with Gasteiger partial charge < -0.3 is 4.90 Å². The van der Waals surface area contributed by atoms with E-state index in [1.165, 1.54) is 89.0 Å². The van der Waals surface area contributed by atoms with E-state index in [1.54, 1.807) is 0 Å². The third-order valence-corrected chi connectivity index (χ3v) is 15.5. The maximum absolute atomic E-state index is 2.52. The molecule has 0 aliphatic heterocycles. The van der Waals surface area contributed by atoms with E-state index in [4.69, 9.17) is 0 Å². The Bertz CT molecular complexity index is 3390. The van der Waals surface area contributed by atoms with Gasteiger partial charge in [-0.25, -0.2) is 0 Å². The fourth-order valence-electron chi connectivity index (χ4n) is 12.5. The third-order valence-electron chi connectivity index (χ3n) is 15.5. The Morgan fingerprint density at radius 3 is 1.01 bits per heavy atom. The first kappa shape index (κ1) is 44.2. The van der Waals surface area contributed by atoms with Gasteiger partial charge in [0.15, 0.2) is 0 Å². The van der Waals surface area contributed by atoms with Crippen molar-refractivity contribution in [3.05, 3.63) is 304 Å². The lowest BCUT2D eigenvalue weighted by atomic mass is 9.64. The van der Waals surface area contributed by atoms with Crippen LogP contribution in [0.2, 0.25) is 0 Å². The van der Waals surface area contributed by atoms with Gasteiger partial charge in [0, 0.05) is 17.1 Å². The van der Waals surface area contributed by atoms with Crippen molar-refractivity contribution in [2.24, 2.45) is 0 Å². The van der Waals surface area contributed by atoms with Gasteiger partial charge in [0.25, 0.3) is 0 Å². The number of benzene rings is 10. The van der Waals surface area contributed by atoms with Crippen molar-refractivity contribution in [2.45, 2.75) is 63.2 Å². The fraction of sp³-hybridized carbons (Fsp3) is 0.143. The monoisotopic (exact) mass is 913 g/mol. The van der Waals surface area contributed by atoms with Crippen LogP contribution in [-0.2, 0) is 21.7 Å². The van der Waals surface area contributed by atoms with E-state index in [1.807, 2.05) is 0 Å². The van der Waals surface area contributed by atoms with Crippen LogP contribution in [0.5, 0.6) is 0 Å². The van der Waals surface area contributed by atoms with E-state index < -0.39 is 10.8 Å². The van der Waals surface area contributed by atoms with Crippen LogP contribution in [0.4, 0.5) is 17.1 Å². The van der Waals surface area contributed by atoms with Crippen LogP contribution in [0, 0.1) is 0 Å². The number of hydrogen-bond acceptors (Lipinski definition) is 1. The zero-order valence-electron chi connectivity index (χ0n) is 41.6. The Labute approximate surface area is 420 Å². The normalized spacial score (nSPS) is 16.7. The van der Waals surface area contributed by atoms with Crippen LogP contribution in [0.15, 0.2) is 249 Å². The van der Waals surface area contributed by atoms with E-state index in [0.29, 0.717) is 0 Å². The fourth-order valence-corrected chi connectivity index (χ4v) is 12.5. The van der Waals surface area contributed by atoms with Crippen molar-refractivity contribution in [1.82, 2.24) is 0 Å². The van der Waals surface area contributed by atoms with Crippen LogP contribution in [-0.4, -0.2) is 0 Å². The molecule has 2 atom stereocenters. The van der Waals surface area contributed by atoms with Gasteiger partial charge in [0.05, 0.1) is 10.8 Å². The molecule has 10 aromatic rings. The summed E-state index contributed by atoms with van der Waals surface area (Å²) in [6.45, 7) is 14.1. The van der Waals surface area contributed by atoms with Gasteiger partial charge in [-0.2, -0.15) is 0 Å². The Hall–Kier alpha value is -8.00. The van der Waals surface area contributed by atoms with E-state index in [0.717, 1.165) is 17.1 Å². The highest BCUT2D eigenvalue weighted by Gasteiger charge is 2.50. The molecular weight excluding hydrogens is 855 g/mol. The van der Waals surface area contributed by atoms with Crippen LogP contribution < -0.4 is 4.90 Å². The molecule has 0 spiro atoms. The summed E-state index contributed by atoms with van der Waals surface area (Å²) in [6, 6.07) is 93.6. The summed E-state index contributed by atoms with van der Waals surface area (Å²) in [7, 11) is 0. The lowest BCUT2D eigenvalue weighted by molar-refractivity contribution is 0.570. The summed E-state index contributed by atoms with van der Waals surface area (Å²) in [5, 5.41) is 0. The Kier molecular flexibility index (Phi) is 10.5. The van der Waals surface area contributed by atoms with Gasteiger partial charge in [-0.15, -0.1) is 0 Å². The van der Waals surface area contributed by atoms with Crippen molar-refractivity contribution in [1.29, 1.82) is 0 Å². The molecule has 0 amide bonds. The standard InChI is InChI=1S/C70H59N/c1-67(2,3)61-34-20-22-36-63(61)69(50-26-12-8-13-27-50)59-32-18-16-30-55(59)57-44-42-53(46-65(57)69)71(52-40-38-49(39-41-52)48-24-10-7-11-25-48)54-43-45-58-56-31-17-19-33-60(56)70(66(58)47-54,51-28-14-9-15-29-51)64-37-23-21-35-62(64)68(4,5)6/h7-47H,1-6H3. The van der Waals surface area contributed by atoms with Gasteiger partial charge in [-0.1, -0.05) is 254 Å². The summed E-state index contributed by atoms with van der Waals surface area (Å²) in [6.07, 6.45) is 0. The van der Waals surface area contributed by atoms with E-state index in [2.05, 4.69) is 295 Å². The first-order valence-corrected chi connectivity index (χ1v) is 25.3. The molecule has 2 unspecified atom stereocenters. The second kappa shape index (κ2) is 16.9. The molecule has 0 saturated heterocycles. The minimum atomic E-state index is -0.589. The van der Waals surface area contributed by atoms with E-state index >= 15 is 0 Å². The quantitative estimate of drug-likeness (QED) is 0.147. The molecule has 0 aromatic heterocycles. The summed E-state index contributed by atoms with van der Waals surface area (Å²) < 4.78 is 0. The molecule has 0 radical (unpaired) electrons. The zero-order valence-corrected chi connectivity index (χ0v) is 41.6. The van der Waals surface area contributed by atoms with Gasteiger partial charge in [-0.05, 0) is 136 Å². The SMILES string of the molecule is CC(C)(C)c1ccccc1C1(c2ccccc2)c2ccccc2-c2ccc(N(c3ccc(-c4ccccc4)cc3)c3ccc4c(c3)C(c3ccccc3)(c3ccccc3C(C)(C)C)c3ccccc3-4)cc21. The lowest BCUT2D eigenvalue weighted by Crippen LogP contribution is -2.32. The summed E-state index contributed by atoms with van der Waals surface area (Å²) in [5.41, 5.74) is 22.4. The topological polar surface area (TPSA) is 3.24 Å². The summed E-state index contributed by atoms with van der Waals surface area (Å²) in [4.78, 5) is 2.51. The Morgan fingerprint density at radius 2 is 0.592 bits per heavy atom. The molecule has 1 heteroatoms. The average molecular weight is 914 g/mol. The van der Waals surface area contributed by atoms with E-state index in [-0.39, 0.29) is 10.8 Å². The Balaban J connectivity index is 1.16. The van der Waals surface area contributed by atoms with E-state index in [9.17, 15) is 0 Å². The molecule has 1 nitrogen and oxygen atoms in total. The van der Waals surface area contributed by atoms with Crippen LogP contribution in [0.25, 0.3) is 33.4 Å². The van der Waals surface area contributed by atoms with Crippen LogP contribution in [0.3, 0.4) is 0 Å². The molecule has 2 aliphatic carbocycles. The highest BCUT2D eigenvalue weighted by molar-refractivity contribution is 5.93. The van der Waals surface area contributed by atoms with Crippen molar-refractivity contribution < 1.29 is 0 Å². The van der Waals surface area contributed by atoms with Gasteiger partial charge in [0.1, 0.15) is 0 Å². The van der Waals surface area contributed by atoms with Crippen molar-refractivity contribution in [3.8, 4) is 33.4 Å². The molecular formula is C70H59N. The first-order valence-electron chi connectivity index (χ1n) is 25.3. The molecule has 12 rings (SSSR count). The lowest BCUT2D eigenvalue weighted by Gasteiger charge is -2.39. The minimum absolute atomic E-state index is 0.112. The molecule has 0 fully saturated rings. The second-order valence-corrected chi connectivity index (χ2v) is 21.6. The second-order valence-electron chi connectivity index (χ2n) is 21.6. The van der Waals surface area contributed by atoms with Crippen LogP contribution >= 0.6 is 0 Å². The van der Waals surface area contributed by atoms with Crippen LogP contribution in [0.1, 0.15) is 97.2 Å². The average Bonchev–Trinajstić information content (AvgIpc) is 3.87. The molecule has 344 valence electrons. The predicted octanol–water partition coefficient (Wildman–Crippen LogP) is 18.1. The summed E-state index contributed by atoms with van der Waals surface area (Å²) >= 11 is 0. The largest absolute Gasteiger partial charge is 0.310 e. The summed E-state index contributed by atoms with van der Waals surface area (Å²) in [5.74, 6) is 0. The number of fused-ring (bicyclic) bond motifs is 6. The number of anilines is 3. The first-order chi connectivity index (χ1) is 34.5. The number of nitrogens with zero attached hydrogens (tertiary/aromatic N) is 1. The Morgan fingerprint density at radius 1 is 0.268 bits per heavy atom. The van der Waals surface area contributed by atoms with Gasteiger partial charge in [0.2, 0.25) is 0 Å². The number of rotatable bonds is 8. The van der Waals surface area contributed by atoms with Gasteiger partial charge in [-0.3, -0.25) is 0 Å². The molecule has 10 aromatic carbocycles. The molecule has 0 bridgehead atoms. The smallest absolute Gasteiger partial charge is 0.0717 e. The highest BCUT2D eigenvalue weighted by Crippen LogP contribution is 2.61. The minimum Gasteiger partial charge on any atom is -0.310 e. The number of hydrogen-bond donors (Lipinski definition) is 0. The van der Waals surface area contributed by atoms with Crippen molar-refractivity contribution >= 4 is 17.1 Å². The molecule has 71 heavy (non-hydrogen) atoms. The molecule has 0 saturated carbocycles.